The van der Waals surface area contributed by atoms with Crippen LogP contribution in [0.25, 0.3) is 0 Å². The van der Waals surface area contributed by atoms with Crippen LogP contribution in [-0.4, -0.2) is 19.0 Å². The fraction of sp³-hybridized carbons (Fsp3) is 0.889. The molecule has 1 atom stereocenters. The van der Waals surface area contributed by atoms with Gasteiger partial charge in [0.05, 0.1) is 0 Å². The summed E-state index contributed by atoms with van der Waals surface area (Å²) in [6.45, 7) is 8.76. The van der Waals surface area contributed by atoms with Gasteiger partial charge >= 0.3 is 0 Å². The van der Waals surface area contributed by atoms with Gasteiger partial charge < -0.3 is 5.32 Å². The largest absolute Gasteiger partial charge is 0.353 e. The quantitative estimate of drug-likeness (QED) is 0.259. The molecule has 0 aliphatic rings. The molecule has 4 heteroatoms. The molecule has 0 saturated carbocycles. The van der Waals surface area contributed by atoms with Crippen LogP contribution in [0.4, 0.5) is 0 Å². The molecule has 4 N–H and O–H groups in total. The molecule has 0 fully saturated rings. The van der Waals surface area contributed by atoms with Crippen molar-refractivity contribution in [3.05, 3.63) is 0 Å². The summed E-state index contributed by atoms with van der Waals surface area (Å²) in [7, 11) is 1.70. The van der Waals surface area contributed by atoms with Gasteiger partial charge in [-0.3, -0.25) is 10.4 Å². The van der Waals surface area contributed by atoms with Gasteiger partial charge in [0.25, 0.3) is 0 Å². The van der Waals surface area contributed by atoms with E-state index in [1.54, 1.807) is 7.05 Å². The normalized spacial score (nSPS) is 15.4. The number of nitrogens with one attached hydrogen (secondary N) is 2. The van der Waals surface area contributed by atoms with Crippen molar-refractivity contribution < 1.29 is 0 Å². The third kappa shape index (κ3) is 6.40. The third-order valence-electron chi connectivity index (χ3n) is 1.66. The molecular formula is C9H22N4. The van der Waals surface area contributed by atoms with Gasteiger partial charge in [0, 0.05) is 13.1 Å². The number of hydrazine groups is 1. The van der Waals surface area contributed by atoms with Gasteiger partial charge in [0.2, 0.25) is 5.96 Å². The molecule has 0 aromatic carbocycles. The lowest BCUT2D eigenvalue weighted by Gasteiger charge is -2.24. The Morgan fingerprint density at radius 2 is 2.00 bits per heavy atom. The van der Waals surface area contributed by atoms with Crippen molar-refractivity contribution >= 4 is 5.96 Å². The summed E-state index contributed by atoms with van der Waals surface area (Å²) in [6, 6.07) is 0.370. The van der Waals surface area contributed by atoms with Crippen LogP contribution < -0.4 is 16.6 Å². The van der Waals surface area contributed by atoms with Gasteiger partial charge in [0.15, 0.2) is 0 Å². The second-order valence-corrected chi connectivity index (χ2v) is 4.53. The molecule has 1 unspecified atom stereocenters. The summed E-state index contributed by atoms with van der Waals surface area (Å²) < 4.78 is 0. The summed E-state index contributed by atoms with van der Waals surface area (Å²) in [4.78, 5) is 3.95. The van der Waals surface area contributed by atoms with E-state index in [9.17, 15) is 0 Å². The van der Waals surface area contributed by atoms with Crippen LogP contribution in [0.5, 0.6) is 0 Å². The topological polar surface area (TPSA) is 62.4 Å². The first-order chi connectivity index (χ1) is 5.89. The molecule has 0 aliphatic heterocycles. The number of nitrogens with two attached hydrogens (primary N) is 1. The van der Waals surface area contributed by atoms with Crippen LogP contribution in [0, 0.1) is 5.41 Å². The molecule has 0 aromatic heterocycles. The van der Waals surface area contributed by atoms with Gasteiger partial charge in [-0.05, 0) is 18.8 Å². The minimum Gasteiger partial charge on any atom is -0.353 e. The summed E-state index contributed by atoms with van der Waals surface area (Å²) in [5.74, 6) is 5.89. The molecule has 78 valence electrons. The van der Waals surface area contributed by atoms with Crippen molar-refractivity contribution in [1.29, 1.82) is 0 Å². The first-order valence-corrected chi connectivity index (χ1v) is 4.59. The molecule has 0 rings (SSSR count). The van der Waals surface area contributed by atoms with Crippen molar-refractivity contribution in [2.24, 2.45) is 16.3 Å². The molecule has 0 saturated heterocycles. The van der Waals surface area contributed by atoms with Crippen molar-refractivity contribution in [3.8, 4) is 0 Å². The van der Waals surface area contributed by atoms with Crippen molar-refractivity contribution in [1.82, 2.24) is 10.7 Å². The Labute approximate surface area is 81.0 Å². The monoisotopic (exact) mass is 186 g/mol. The van der Waals surface area contributed by atoms with E-state index < -0.39 is 0 Å². The lowest BCUT2D eigenvalue weighted by molar-refractivity contribution is 0.336. The van der Waals surface area contributed by atoms with Crippen LogP contribution >= 0.6 is 0 Å². The highest BCUT2D eigenvalue weighted by molar-refractivity contribution is 5.79. The van der Waals surface area contributed by atoms with E-state index in [0.717, 1.165) is 6.42 Å². The van der Waals surface area contributed by atoms with Gasteiger partial charge in [-0.2, -0.15) is 0 Å². The Hall–Kier alpha value is -0.770. The van der Waals surface area contributed by atoms with E-state index in [2.05, 4.69) is 43.4 Å². The maximum absolute atomic E-state index is 5.25. The molecule has 4 nitrogen and oxygen atoms in total. The van der Waals surface area contributed by atoms with Gasteiger partial charge in [-0.1, -0.05) is 20.8 Å². The van der Waals surface area contributed by atoms with E-state index in [1.807, 2.05) is 0 Å². The minimum atomic E-state index is 0.319. The van der Waals surface area contributed by atoms with Crippen LogP contribution in [0.3, 0.4) is 0 Å². The SMILES string of the molecule is CN=C(NN)NC(C)CC(C)(C)C. The van der Waals surface area contributed by atoms with Crippen molar-refractivity contribution in [2.45, 2.75) is 40.2 Å². The predicted octanol–water partition coefficient (Wildman–Crippen LogP) is 0.850. The summed E-state index contributed by atoms with van der Waals surface area (Å²) in [6.07, 6.45) is 1.08. The number of hydrogen-bond acceptors (Lipinski definition) is 2. The van der Waals surface area contributed by atoms with E-state index in [-0.39, 0.29) is 0 Å². The van der Waals surface area contributed by atoms with E-state index in [4.69, 9.17) is 5.84 Å². The van der Waals surface area contributed by atoms with Crippen LogP contribution in [-0.2, 0) is 0 Å². The molecule has 0 aromatic rings. The van der Waals surface area contributed by atoms with Gasteiger partial charge in [0.1, 0.15) is 0 Å². The summed E-state index contributed by atoms with van der Waals surface area (Å²) >= 11 is 0. The van der Waals surface area contributed by atoms with Crippen LogP contribution in [0.1, 0.15) is 34.1 Å². The number of rotatable bonds is 2. The predicted molar refractivity (Wildman–Crippen MR) is 57.4 cm³/mol. The second kappa shape index (κ2) is 5.07. The van der Waals surface area contributed by atoms with E-state index in [0.29, 0.717) is 17.4 Å². The molecule has 0 spiro atoms. The molecule has 0 aliphatic carbocycles. The smallest absolute Gasteiger partial charge is 0.205 e. The zero-order valence-electron chi connectivity index (χ0n) is 9.31. The van der Waals surface area contributed by atoms with E-state index >= 15 is 0 Å². The molecule has 0 bridgehead atoms. The first kappa shape index (κ1) is 12.2. The number of hydrogen-bond donors (Lipinski definition) is 3. The average Bonchev–Trinajstić information content (AvgIpc) is 1.96. The lowest BCUT2D eigenvalue weighted by atomic mass is 9.89. The fourth-order valence-corrected chi connectivity index (χ4v) is 1.37. The molecule has 0 amide bonds. The van der Waals surface area contributed by atoms with Crippen LogP contribution in [0.15, 0.2) is 4.99 Å². The highest BCUT2D eigenvalue weighted by Crippen LogP contribution is 2.20. The fourth-order valence-electron chi connectivity index (χ4n) is 1.37. The Morgan fingerprint density at radius 1 is 1.46 bits per heavy atom. The van der Waals surface area contributed by atoms with E-state index in [1.165, 1.54) is 0 Å². The van der Waals surface area contributed by atoms with Gasteiger partial charge in [-0.15, -0.1) is 0 Å². The van der Waals surface area contributed by atoms with Crippen LogP contribution in [0.2, 0.25) is 0 Å². The Bertz CT molecular complexity index is 169. The summed E-state index contributed by atoms with van der Waals surface area (Å²) in [5, 5.41) is 3.19. The minimum absolute atomic E-state index is 0.319. The van der Waals surface area contributed by atoms with Gasteiger partial charge in [-0.25, -0.2) is 5.84 Å². The first-order valence-electron chi connectivity index (χ1n) is 4.59. The number of aliphatic imine (C=N–C) groups is 1. The molecule has 0 radical (unpaired) electrons. The zero-order valence-corrected chi connectivity index (χ0v) is 9.31. The Balaban J connectivity index is 3.94. The maximum Gasteiger partial charge on any atom is 0.205 e. The third-order valence-corrected chi connectivity index (χ3v) is 1.66. The average molecular weight is 186 g/mol. The number of guanidine groups is 1. The molecule has 13 heavy (non-hydrogen) atoms. The maximum atomic E-state index is 5.25. The zero-order chi connectivity index (χ0) is 10.5. The number of nitrogens with zero attached hydrogens (tertiary/aromatic N) is 1. The second-order valence-electron chi connectivity index (χ2n) is 4.53. The standard InChI is InChI=1S/C9H22N4/c1-7(6-9(2,3)4)12-8(11-5)13-10/h7H,6,10H2,1-5H3,(H2,11,12,13). The Kier molecular flexibility index (Phi) is 4.77. The van der Waals surface area contributed by atoms with Crippen molar-refractivity contribution in [2.75, 3.05) is 7.05 Å². The van der Waals surface area contributed by atoms with Crippen molar-refractivity contribution in [3.63, 3.8) is 0 Å². The highest BCUT2D eigenvalue weighted by Gasteiger charge is 2.15. The highest BCUT2D eigenvalue weighted by atomic mass is 15.3. The molecular weight excluding hydrogens is 164 g/mol. The lowest BCUT2D eigenvalue weighted by Crippen LogP contribution is -2.46. The summed E-state index contributed by atoms with van der Waals surface area (Å²) in [5.41, 5.74) is 2.83. The molecule has 0 heterocycles. The Morgan fingerprint density at radius 3 is 2.31 bits per heavy atom.